The van der Waals surface area contributed by atoms with Crippen LogP contribution in [0.1, 0.15) is 38.0 Å². The molecule has 2 atom stereocenters. The standard InChI is InChI=1S/C35H43N5O5/c1-24-10-6-7-11-27(24)33-31(20-25(22-45-33)35(2,3)4)37-39-38-34(41)36-30-14-15-32(29-13-9-8-12-28(29)30)44-19-17-40-16-18-43-26(21-40)23-42-5/h6-15,20,22,26,33H,16-19,21,23H2,1-5H3,(H2,36,37,38,41). The molecule has 2 unspecified atom stereocenters. The number of nitrogens with one attached hydrogen (secondary N) is 2. The molecule has 2 aliphatic heterocycles. The fourth-order valence-electron chi connectivity index (χ4n) is 5.41. The van der Waals surface area contributed by atoms with Crippen molar-refractivity contribution in [2.24, 2.45) is 15.8 Å². The number of carbonyl (C=O) groups excluding carboxylic acids is 1. The average Bonchev–Trinajstić information content (AvgIpc) is 3.02. The number of fused-ring (bicyclic) bond motifs is 1. The summed E-state index contributed by atoms with van der Waals surface area (Å²) in [6.07, 6.45) is 3.42. The van der Waals surface area contributed by atoms with E-state index in [1.54, 1.807) is 13.4 Å². The van der Waals surface area contributed by atoms with Gasteiger partial charge in [-0.1, -0.05) is 74.5 Å². The Morgan fingerprint density at radius 2 is 1.84 bits per heavy atom. The maximum absolute atomic E-state index is 12.9. The molecule has 5 rings (SSSR count). The van der Waals surface area contributed by atoms with Crippen LogP contribution in [0.4, 0.5) is 10.5 Å². The van der Waals surface area contributed by atoms with E-state index in [1.807, 2.05) is 73.7 Å². The van der Waals surface area contributed by atoms with Crippen LogP contribution in [-0.4, -0.2) is 63.6 Å². The molecule has 0 aromatic heterocycles. The van der Waals surface area contributed by atoms with Crippen molar-refractivity contribution < 1.29 is 23.7 Å². The topological polar surface area (TPSA) is 106 Å². The number of hydrogen-bond donors (Lipinski definition) is 2. The van der Waals surface area contributed by atoms with E-state index >= 15 is 0 Å². The summed E-state index contributed by atoms with van der Waals surface area (Å²) in [5.41, 5.74) is 6.68. The first kappa shape index (κ1) is 32.2. The summed E-state index contributed by atoms with van der Waals surface area (Å²) in [6.45, 7) is 12.6. The van der Waals surface area contributed by atoms with Gasteiger partial charge in [-0.15, -0.1) is 5.11 Å². The number of benzene rings is 3. The molecule has 0 aliphatic carbocycles. The summed E-state index contributed by atoms with van der Waals surface area (Å²) in [5.74, 6) is 0.757. The van der Waals surface area contributed by atoms with Crippen molar-refractivity contribution in [1.82, 2.24) is 10.3 Å². The Balaban J connectivity index is 1.23. The quantitative estimate of drug-likeness (QED) is 0.189. The van der Waals surface area contributed by atoms with Crippen LogP contribution in [0.2, 0.25) is 0 Å². The summed E-state index contributed by atoms with van der Waals surface area (Å²) in [5, 5.41) is 13.1. The fraction of sp³-hybridized carbons (Fsp3) is 0.400. The number of morpholine rings is 1. The zero-order valence-electron chi connectivity index (χ0n) is 26.7. The van der Waals surface area contributed by atoms with E-state index in [9.17, 15) is 4.79 Å². The van der Waals surface area contributed by atoms with E-state index < -0.39 is 12.1 Å². The van der Waals surface area contributed by atoms with Crippen LogP contribution < -0.4 is 15.5 Å². The predicted octanol–water partition coefficient (Wildman–Crippen LogP) is 6.95. The molecule has 238 valence electrons. The number of ether oxygens (including phenoxy) is 4. The number of aryl methyl sites for hydroxylation is 1. The SMILES string of the molecule is COCC1CN(CCOc2ccc(NC(=O)NN=NC3=CC(C(C)(C)C)=COC3c3ccccc3C)c3ccccc23)CCO1. The van der Waals surface area contributed by atoms with E-state index in [1.165, 1.54) is 0 Å². The molecular weight excluding hydrogens is 570 g/mol. The molecule has 0 radical (unpaired) electrons. The Labute approximate surface area is 265 Å². The van der Waals surface area contributed by atoms with E-state index in [2.05, 4.69) is 46.8 Å². The minimum Gasteiger partial charge on any atom is -0.492 e. The van der Waals surface area contributed by atoms with Gasteiger partial charge in [-0.05, 0) is 41.7 Å². The lowest BCUT2D eigenvalue weighted by atomic mass is 9.85. The van der Waals surface area contributed by atoms with Gasteiger partial charge in [0.1, 0.15) is 18.1 Å². The number of allylic oxidation sites excluding steroid dienone is 2. The summed E-state index contributed by atoms with van der Waals surface area (Å²) in [6, 6.07) is 19.0. The molecule has 10 nitrogen and oxygen atoms in total. The lowest BCUT2D eigenvalue weighted by Gasteiger charge is -2.32. The minimum atomic E-state index is -0.508. The summed E-state index contributed by atoms with van der Waals surface area (Å²) >= 11 is 0. The molecule has 3 aromatic rings. The van der Waals surface area contributed by atoms with Gasteiger partial charge in [-0.3, -0.25) is 4.90 Å². The van der Waals surface area contributed by atoms with Gasteiger partial charge in [0.2, 0.25) is 0 Å². The van der Waals surface area contributed by atoms with E-state index in [0.717, 1.165) is 52.9 Å². The number of anilines is 1. The van der Waals surface area contributed by atoms with E-state index in [0.29, 0.717) is 31.2 Å². The highest BCUT2D eigenvalue weighted by molar-refractivity contribution is 6.03. The van der Waals surface area contributed by atoms with Gasteiger partial charge in [0.25, 0.3) is 0 Å². The number of rotatable bonds is 10. The first-order valence-corrected chi connectivity index (χ1v) is 15.3. The molecule has 3 aromatic carbocycles. The number of nitrogens with zero attached hydrogens (tertiary/aromatic N) is 3. The van der Waals surface area contributed by atoms with Crippen LogP contribution in [0.3, 0.4) is 0 Å². The number of urea groups is 1. The lowest BCUT2D eigenvalue weighted by molar-refractivity contribution is -0.0627. The second-order valence-electron chi connectivity index (χ2n) is 12.3. The Morgan fingerprint density at radius 3 is 2.62 bits per heavy atom. The number of carbonyl (C=O) groups is 1. The van der Waals surface area contributed by atoms with E-state index in [4.69, 9.17) is 18.9 Å². The van der Waals surface area contributed by atoms with Gasteiger partial charge in [0, 0.05) is 43.1 Å². The van der Waals surface area contributed by atoms with Crippen LogP contribution in [-0.2, 0) is 14.2 Å². The monoisotopic (exact) mass is 613 g/mol. The van der Waals surface area contributed by atoms with Gasteiger partial charge in [0.15, 0.2) is 6.10 Å². The third kappa shape index (κ3) is 8.27. The second-order valence-corrected chi connectivity index (χ2v) is 12.3. The molecule has 2 amide bonds. The largest absolute Gasteiger partial charge is 0.492 e. The van der Waals surface area contributed by atoms with Gasteiger partial charge in [-0.2, -0.15) is 0 Å². The first-order valence-electron chi connectivity index (χ1n) is 15.3. The number of methoxy groups -OCH3 is 1. The van der Waals surface area contributed by atoms with Crippen molar-refractivity contribution in [3.05, 3.63) is 95.4 Å². The Hall–Kier alpha value is -4.25. The highest BCUT2D eigenvalue weighted by atomic mass is 16.5. The van der Waals surface area contributed by atoms with Crippen molar-refractivity contribution in [3.8, 4) is 5.75 Å². The molecule has 1 fully saturated rings. The second kappa shape index (κ2) is 14.7. The molecule has 0 spiro atoms. The van der Waals surface area contributed by atoms with Gasteiger partial charge in [0.05, 0.1) is 31.3 Å². The van der Waals surface area contributed by atoms with E-state index in [-0.39, 0.29) is 11.5 Å². The zero-order valence-corrected chi connectivity index (χ0v) is 26.7. The lowest BCUT2D eigenvalue weighted by Crippen LogP contribution is -2.45. The van der Waals surface area contributed by atoms with Crippen LogP contribution in [0.5, 0.6) is 5.75 Å². The molecule has 2 aliphatic rings. The smallest absolute Gasteiger partial charge is 0.341 e. The van der Waals surface area contributed by atoms with Crippen molar-refractivity contribution in [3.63, 3.8) is 0 Å². The van der Waals surface area contributed by atoms with Crippen LogP contribution >= 0.6 is 0 Å². The molecule has 1 saturated heterocycles. The Morgan fingerprint density at radius 1 is 1.07 bits per heavy atom. The minimum absolute atomic E-state index is 0.0839. The molecule has 0 bridgehead atoms. The molecule has 0 saturated carbocycles. The molecule has 2 heterocycles. The average molecular weight is 614 g/mol. The van der Waals surface area contributed by atoms with Crippen LogP contribution in [0.25, 0.3) is 10.8 Å². The first-order chi connectivity index (χ1) is 21.7. The number of amides is 2. The van der Waals surface area contributed by atoms with Crippen molar-refractivity contribution >= 4 is 22.5 Å². The molecular formula is C35H43N5O5. The van der Waals surface area contributed by atoms with Crippen molar-refractivity contribution in [2.75, 3.05) is 51.9 Å². The molecule has 45 heavy (non-hydrogen) atoms. The predicted molar refractivity (Wildman–Crippen MR) is 175 cm³/mol. The van der Waals surface area contributed by atoms with Gasteiger partial charge >= 0.3 is 6.03 Å². The summed E-state index contributed by atoms with van der Waals surface area (Å²) in [4.78, 5) is 15.3. The molecule has 10 heteroatoms. The van der Waals surface area contributed by atoms with Crippen molar-refractivity contribution in [1.29, 1.82) is 0 Å². The third-order valence-corrected chi connectivity index (χ3v) is 7.93. The molecule has 2 N–H and O–H groups in total. The highest BCUT2D eigenvalue weighted by Gasteiger charge is 2.27. The van der Waals surface area contributed by atoms with Crippen LogP contribution in [0.15, 0.2) is 94.6 Å². The third-order valence-electron chi connectivity index (χ3n) is 7.93. The maximum atomic E-state index is 12.9. The van der Waals surface area contributed by atoms with Crippen LogP contribution in [0, 0.1) is 12.3 Å². The Kier molecular flexibility index (Phi) is 10.5. The summed E-state index contributed by atoms with van der Waals surface area (Å²) in [7, 11) is 1.69. The maximum Gasteiger partial charge on any atom is 0.341 e. The normalized spacial score (nSPS) is 19.1. The highest BCUT2D eigenvalue weighted by Crippen LogP contribution is 2.38. The number of hydrogen-bond acceptors (Lipinski definition) is 8. The van der Waals surface area contributed by atoms with Gasteiger partial charge < -0.3 is 24.3 Å². The summed E-state index contributed by atoms with van der Waals surface area (Å²) < 4.78 is 23.3. The van der Waals surface area contributed by atoms with Crippen molar-refractivity contribution in [2.45, 2.75) is 39.9 Å². The van der Waals surface area contributed by atoms with Gasteiger partial charge in [-0.25, -0.2) is 10.2 Å². The Bertz CT molecular complexity index is 1580. The zero-order chi connectivity index (χ0) is 31.8. The fourth-order valence-corrected chi connectivity index (χ4v) is 5.41.